The Hall–Kier alpha value is -1.65. The molecule has 0 fully saturated rings. The van der Waals surface area contributed by atoms with E-state index >= 15 is 0 Å². The van der Waals surface area contributed by atoms with E-state index in [1.807, 2.05) is 13.1 Å². The van der Waals surface area contributed by atoms with Crippen LogP contribution >= 0.6 is 0 Å². The highest BCUT2D eigenvalue weighted by Crippen LogP contribution is 2.22. The zero-order valence-electron chi connectivity index (χ0n) is 12.5. The predicted octanol–water partition coefficient (Wildman–Crippen LogP) is 2.43. The van der Waals surface area contributed by atoms with Crippen LogP contribution in [0.25, 0.3) is 10.9 Å². The van der Waals surface area contributed by atoms with Crippen LogP contribution in [0.5, 0.6) is 0 Å². The number of likely N-dealkylation sites (N-methyl/N-ethyl adjacent to an activating group) is 1. The van der Waals surface area contributed by atoms with Gasteiger partial charge in [0, 0.05) is 32.1 Å². The number of benzene rings is 1. The summed E-state index contributed by atoms with van der Waals surface area (Å²) < 4.78 is 5.18. The van der Waals surface area contributed by atoms with Crippen LogP contribution in [0.2, 0.25) is 0 Å². The van der Waals surface area contributed by atoms with Crippen molar-refractivity contribution in [1.82, 2.24) is 10.3 Å². The molecule has 0 radical (unpaired) electrons. The Bertz CT molecular complexity index is 556. The molecule has 0 atom stereocenters. The van der Waals surface area contributed by atoms with Gasteiger partial charge in [-0.3, -0.25) is 0 Å². The third-order valence-corrected chi connectivity index (χ3v) is 3.43. The molecule has 0 aliphatic carbocycles. The van der Waals surface area contributed by atoms with Crippen molar-refractivity contribution in [3.8, 4) is 0 Å². The average Bonchev–Trinajstić information content (AvgIpc) is 2.48. The Balaban J connectivity index is 2.42. The highest BCUT2D eigenvalue weighted by molar-refractivity contribution is 5.84. The predicted molar refractivity (Wildman–Crippen MR) is 84.3 cm³/mol. The second-order valence-corrected chi connectivity index (χ2v) is 4.76. The summed E-state index contributed by atoms with van der Waals surface area (Å²) in [5, 5.41) is 4.45. The van der Waals surface area contributed by atoms with Gasteiger partial charge in [0.1, 0.15) is 5.82 Å². The monoisotopic (exact) mass is 273 g/mol. The number of hydrogen-bond acceptors (Lipinski definition) is 4. The van der Waals surface area contributed by atoms with Gasteiger partial charge < -0.3 is 15.0 Å². The molecule has 2 rings (SSSR count). The molecule has 4 heteroatoms. The van der Waals surface area contributed by atoms with Gasteiger partial charge >= 0.3 is 0 Å². The van der Waals surface area contributed by atoms with Gasteiger partial charge in [0.15, 0.2) is 0 Å². The molecule has 1 aromatic carbocycles. The number of pyridine rings is 1. The molecular formula is C16H23N3O. The number of rotatable bonds is 7. The summed E-state index contributed by atoms with van der Waals surface area (Å²) in [5.41, 5.74) is 2.33. The highest BCUT2D eigenvalue weighted by Gasteiger charge is 2.10. The molecule has 1 aromatic heterocycles. The Morgan fingerprint density at radius 1 is 1.30 bits per heavy atom. The van der Waals surface area contributed by atoms with E-state index in [9.17, 15) is 0 Å². The maximum Gasteiger partial charge on any atom is 0.129 e. The van der Waals surface area contributed by atoms with Crippen molar-refractivity contribution < 1.29 is 4.74 Å². The highest BCUT2D eigenvalue weighted by atomic mass is 16.5. The van der Waals surface area contributed by atoms with Crippen LogP contribution in [-0.2, 0) is 11.3 Å². The minimum atomic E-state index is 0.712. The summed E-state index contributed by atoms with van der Waals surface area (Å²) in [4.78, 5) is 7.03. The number of ether oxygens (including phenoxy) is 1. The molecule has 0 saturated carbocycles. The Labute approximate surface area is 120 Å². The maximum atomic E-state index is 5.18. The number of para-hydroxylation sites is 1. The van der Waals surface area contributed by atoms with Crippen molar-refractivity contribution in [2.24, 2.45) is 0 Å². The summed E-state index contributed by atoms with van der Waals surface area (Å²) in [7, 11) is 3.70. The van der Waals surface area contributed by atoms with E-state index in [1.165, 1.54) is 10.9 Å². The third kappa shape index (κ3) is 3.26. The van der Waals surface area contributed by atoms with E-state index in [1.54, 1.807) is 7.11 Å². The fourth-order valence-corrected chi connectivity index (χ4v) is 2.37. The summed E-state index contributed by atoms with van der Waals surface area (Å²) in [5.74, 6) is 1.02. The average molecular weight is 273 g/mol. The Morgan fingerprint density at radius 2 is 2.10 bits per heavy atom. The van der Waals surface area contributed by atoms with Gasteiger partial charge in [-0.2, -0.15) is 0 Å². The molecule has 2 aromatic rings. The molecule has 1 N–H and O–H groups in total. The van der Waals surface area contributed by atoms with Crippen molar-refractivity contribution in [3.05, 3.63) is 35.9 Å². The SMILES string of the molecule is CCN(CCOC)c1cc(CNC)c2ccccc2n1. The molecule has 1 heterocycles. The largest absolute Gasteiger partial charge is 0.383 e. The van der Waals surface area contributed by atoms with E-state index in [0.29, 0.717) is 6.61 Å². The smallest absolute Gasteiger partial charge is 0.129 e. The van der Waals surface area contributed by atoms with E-state index in [2.05, 4.69) is 41.4 Å². The second kappa shape index (κ2) is 7.22. The lowest BCUT2D eigenvalue weighted by atomic mass is 10.1. The molecule has 0 bridgehead atoms. The molecule has 0 aliphatic rings. The van der Waals surface area contributed by atoms with Gasteiger partial charge in [0.25, 0.3) is 0 Å². The molecule has 20 heavy (non-hydrogen) atoms. The molecular weight excluding hydrogens is 250 g/mol. The first-order chi connectivity index (χ1) is 9.80. The number of methoxy groups -OCH3 is 1. The minimum Gasteiger partial charge on any atom is -0.383 e. The molecule has 4 nitrogen and oxygen atoms in total. The number of anilines is 1. The summed E-state index contributed by atoms with van der Waals surface area (Å²) >= 11 is 0. The quantitative estimate of drug-likeness (QED) is 0.840. The van der Waals surface area contributed by atoms with Gasteiger partial charge in [-0.1, -0.05) is 18.2 Å². The van der Waals surface area contributed by atoms with Gasteiger partial charge in [0.05, 0.1) is 12.1 Å². The third-order valence-electron chi connectivity index (χ3n) is 3.43. The van der Waals surface area contributed by atoms with Gasteiger partial charge in [-0.25, -0.2) is 4.98 Å². The van der Waals surface area contributed by atoms with Crippen molar-refractivity contribution in [3.63, 3.8) is 0 Å². The van der Waals surface area contributed by atoms with Crippen molar-refractivity contribution in [2.75, 3.05) is 38.8 Å². The number of fused-ring (bicyclic) bond motifs is 1. The van der Waals surface area contributed by atoms with Crippen molar-refractivity contribution in [1.29, 1.82) is 0 Å². The number of nitrogens with one attached hydrogen (secondary N) is 1. The number of nitrogens with zero attached hydrogens (tertiary/aromatic N) is 2. The molecule has 108 valence electrons. The molecule has 0 saturated heterocycles. The first-order valence-electron chi connectivity index (χ1n) is 7.07. The molecule has 0 spiro atoms. The lowest BCUT2D eigenvalue weighted by Crippen LogP contribution is -2.28. The fourth-order valence-electron chi connectivity index (χ4n) is 2.37. The molecule has 0 aliphatic heterocycles. The van der Waals surface area contributed by atoms with Crippen LogP contribution in [0.1, 0.15) is 12.5 Å². The first kappa shape index (κ1) is 14.8. The first-order valence-corrected chi connectivity index (χ1v) is 7.07. The number of aromatic nitrogens is 1. The fraction of sp³-hybridized carbons (Fsp3) is 0.438. The topological polar surface area (TPSA) is 37.4 Å². The summed E-state index contributed by atoms with van der Waals surface area (Å²) in [6.45, 7) is 5.48. The van der Waals surface area contributed by atoms with Crippen LogP contribution < -0.4 is 10.2 Å². The standard InChI is InChI=1S/C16H23N3O/c1-4-19(9-10-20-3)16-11-13(12-17-2)14-7-5-6-8-15(14)18-16/h5-8,11,17H,4,9-10,12H2,1-3H3. The lowest BCUT2D eigenvalue weighted by molar-refractivity contribution is 0.205. The summed E-state index contributed by atoms with van der Waals surface area (Å²) in [6.07, 6.45) is 0. The normalized spacial score (nSPS) is 10.9. The zero-order chi connectivity index (χ0) is 14.4. The van der Waals surface area contributed by atoms with Crippen LogP contribution in [0.3, 0.4) is 0 Å². The van der Waals surface area contributed by atoms with Gasteiger partial charge in [-0.15, -0.1) is 0 Å². The van der Waals surface area contributed by atoms with Crippen LogP contribution in [0, 0.1) is 0 Å². The van der Waals surface area contributed by atoms with Crippen LogP contribution in [0.15, 0.2) is 30.3 Å². The van der Waals surface area contributed by atoms with Crippen LogP contribution in [-0.4, -0.2) is 38.8 Å². The Morgan fingerprint density at radius 3 is 2.80 bits per heavy atom. The Kier molecular flexibility index (Phi) is 5.32. The van der Waals surface area contributed by atoms with E-state index in [4.69, 9.17) is 9.72 Å². The maximum absolute atomic E-state index is 5.18. The van der Waals surface area contributed by atoms with E-state index < -0.39 is 0 Å². The second-order valence-electron chi connectivity index (χ2n) is 4.76. The van der Waals surface area contributed by atoms with E-state index in [-0.39, 0.29) is 0 Å². The summed E-state index contributed by atoms with van der Waals surface area (Å²) in [6, 6.07) is 10.5. The van der Waals surface area contributed by atoms with E-state index in [0.717, 1.165) is 31.0 Å². The molecule has 0 unspecified atom stereocenters. The van der Waals surface area contributed by atoms with Crippen molar-refractivity contribution in [2.45, 2.75) is 13.5 Å². The van der Waals surface area contributed by atoms with Crippen molar-refractivity contribution >= 4 is 16.7 Å². The van der Waals surface area contributed by atoms with Gasteiger partial charge in [-0.05, 0) is 31.7 Å². The number of hydrogen-bond donors (Lipinski definition) is 1. The van der Waals surface area contributed by atoms with Gasteiger partial charge in [0.2, 0.25) is 0 Å². The zero-order valence-corrected chi connectivity index (χ0v) is 12.5. The minimum absolute atomic E-state index is 0.712. The van der Waals surface area contributed by atoms with Crippen LogP contribution in [0.4, 0.5) is 5.82 Å². The lowest BCUT2D eigenvalue weighted by Gasteiger charge is -2.23. The molecule has 0 amide bonds.